The van der Waals surface area contributed by atoms with Gasteiger partial charge in [-0.3, -0.25) is 9.48 Å². The third kappa shape index (κ3) is 4.42. The van der Waals surface area contributed by atoms with Crippen LogP contribution in [0.1, 0.15) is 51.5 Å². The molecule has 2 saturated heterocycles. The predicted octanol–water partition coefficient (Wildman–Crippen LogP) is 3.21. The number of hydrogen-bond acceptors (Lipinski definition) is 7. The third-order valence-corrected chi connectivity index (χ3v) is 6.14. The number of aromatic nitrogens is 4. The zero-order chi connectivity index (χ0) is 23.2. The van der Waals surface area contributed by atoms with Crippen molar-refractivity contribution in [3.05, 3.63) is 30.3 Å². The first-order valence-electron chi connectivity index (χ1n) is 11.3. The van der Waals surface area contributed by atoms with Crippen LogP contribution < -0.4 is 0 Å². The van der Waals surface area contributed by atoms with Crippen LogP contribution in [0.15, 0.2) is 28.9 Å². The highest BCUT2D eigenvalue weighted by molar-refractivity contribution is 5.82. The Balaban J connectivity index is 1.26. The predicted molar refractivity (Wildman–Crippen MR) is 119 cm³/mol. The van der Waals surface area contributed by atoms with Crippen molar-refractivity contribution in [2.75, 3.05) is 26.2 Å². The van der Waals surface area contributed by atoms with Gasteiger partial charge in [0.2, 0.25) is 18.1 Å². The van der Waals surface area contributed by atoms with Gasteiger partial charge in [0.05, 0.1) is 11.6 Å². The molecule has 10 nitrogen and oxygen atoms in total. The van der Waals surface area contributed by atoms with Gasteiger partial charge in [0.25, 0.3) is 0 Å². The molecule has 2 aromatic heterocycles. The minimum Gasteiger partial charge on any atom is -0.444 e. The first-order chi connectivity index (χ1) is 15.8. The molecule has 33 heavy (non-hydrogen) atoms. The fourth-order valence-corrected chi connectivity index (χ4v) is 4.23. The van der Waals surface area contributed by atoms with Crippen molar-refractivity contribution in [2.24, 2.45) is 0 Å². The molecule has 2 amide bonds. The summed E-state index contributed by atoms with van der Waals surface area (Å²) in [6.07, 6.45) is 4.25. The topological polar surface area (TPSA) is 107 Å². The van der Waals surface area contributed by atoms with Crippen LogP contribution in [0.4, 0.5) is 4.79 Å². The number of benzene rings is 1. The van der Waals surface area contributed by atoms with Crippen LogP contribution in [-0.4, -0.2) is 74.0 Å². The summed E-state index contributed by atoms with van der Waals surface area (Å²) in [4.78, 5) is 31.2. The molecule has 0 unspecified atom stereocenters. The molecule has 0 N–H and O–H groups in total. The minimum atomic E-state index is -0.499. The minimum absolute atomic E-state index is 0.127. The second kappa shape index (κ2) is 8.17. The molecule has 0 saturated carbocycles. The van der Waals surface area contributed by atoms with Crippen LogP contribution >= 0.6 is 0 Å². The normalized spacial score (nSPS) is 17.9. The lowest BCUT2D eigenvalue weighted by atomic mass is 9.97. The van der Waals surface area contributed by atoms with E-state index in [1.54, 1.807) is 9.80 Å². The number of fused-ring (bicyclic) bond motifs is 1. The van der Waals surface area contributed by atoms with Gasteiger partial charge in [-0.2, -0.15) is 10.1 Å². The second-order valence-corrected chi connectivity index (χ2v) is 9.79. The van der Waals surface area contributed by atoms with Crippen LogP contribution in [0.2, 0.25) is 0 Å². The van der Waals surface area contributed by atoms with Gasteiger partial charge in [0.1, 0.15) is 5.60 Å². The molecule has 2 aliphatic rings. The fourth-order valence-electron chi connectivity index (χ4n) is 4.23. The molecule has 0 radical (unpaired) electrons. The van der Waals surface area contributed by atoms with Crippen LogP contribution in [-0.2, 0) is 9.53 Å². The Labute approximate surface area is 191 Å². The lowest BCUT2D eigenvalue weighted by molar-refractivity contribution is -0.119. The molecule has 10 heteroatoms. The molecule has 4 heterocycles. The number of rotatable bonds is 4. The summed E-state index contributed by atoms with van der Waals surface area (Å²) in [6, 6.07) is 6.05. The SMILES string of the molecule is CC(C)(C)OC(=O)N1CC(n2cc3ccc(-c4noc(C5CCN(C=O)CC5)n4)cc3n2)C1. The highest BCUT2D eigenvalue weighted by atomic mass is 16.6. The van der Waals surface area contributed by atoms with E-state index in [-0.39, 0.29) is 18.1 Å². The van der Waals surface area contributed by atoms with Crippen LogP contribution in [0.5, 0.6) is 0 Å². The van der Waals surface area contributed by atoms with Gasteiger partial charge < -0.3 is 19.1 Å². The zero-order valence-electron chi connectivity index (χ0n) is 19.1. The van der Waals surface area contributed by atoms with E-state index in [4.69, 9.17) is 14.4 Å². The Morgan fingerprint density at radius 1 is 1.21 bits per heavy atom. The van der Waals surface area contributed by atoms with Gasteiger partial charge in [0.15, 0.2) is 0 Å². The van der Waals surface area contributed by atoms with Crippen molar-refractivity contribution in [2.45, 2.75) is 51.2 Å². The summed E-state index contributed by atoms with van der Waals surface area (Å²) in [5.74, 6) is 1.34. The van der Waals surface area contributed by atoms with E-state index in [0.717, 1.165) is 35.7 Å². The van der Waals surface area contributed by atoms with E-state index in [0.29, 0.717) is 37.9 Å². The van der Waals surface area contributed by atoms with Crippen molar-refractivity contribution < 1.29 is 18.8 Å². The van der Waals surface area contributed by atoms with E-state index in [2.05, 4.69) is 10.1 Å². The Bertz CT molecular complexity index is 1170. The number of carbonyl (C=O) groups excluding carboxylic acids is 2. The number of likely N-dealkylation sites (tertiary alicyclic amines) is 2. The smallest absolute Gasteiger partial charge is 0.410 e. The van der Waals surface area contributed by atoms with Gasteiger partial charge in [-0.1, -0.05) is 17.3 Å². The van der Waals surface area contributed by atoms with Gasteiger partial charge in [-0.25, -0.2) is 4.79 Å². The highest BCUT2D eigenvalue weighted by Crippen LogP contribution is 2.30. The number of ether oxygens (including phenoxy) is 1. The average molecular weight is 453 g/mol. The van der Waals surface area contributed by atoms with Crippen molar-refractivity contribution in [3.63, 3.8) is 0 Å². The largest absolute Gasteiger partial charge is 0.444 e. The van der Waals surface area contributed by atoms with E-state index in [1.165, 1.54) is 0 Å². The molecule has 2 fully saturated rings. The molecule has 3 aromatic rings. The maximum Gasteiger partial charge on any atom is 0.410 e. The summed E-state index contributed by atoms with van der Waals surface area (Å²) in [5.41, 5.74) is 1.19. The molecular formula is C23H28N6O4. The Morgan fingerprint density at radius 2 is 1.97 bits per heavy atom. The first-order valence-corrected chi connectivity index (χ1v) is 11.3. The number of amides is 2. The van der Waals surface area contributed by atoms with Gasteiger partial charge >= 0.3 is 6.09 Å². The Morgan fingerprint density at radius 3 is 2.67 bits per heavy atom. The molecule has 5 rings (SSSR count). The monoisotopic (exact) mass is 452 g/mol. The third-order valence-electron chi connectivity index (χ3n) is 6.14. The molecule has 174 valence electrons. The average Bonchev–Trinajstić information content (AvgIpc) is 3.38. The van der Waals surface area contributed by atoms with Crippen molar-refractivity contribution in [1.82, 2.24) is 29.7 Å². The van der Waals surface area contributed by atoms with E-state index < -0.39 is 5.60 Å². The highest BCUT2D eigenvalue weighted by Gasteiger charge is 2.35. The molecule has 0 atom stereocenters. The number of nitrogens with zero attached hydrogens (tertiary/aromatic N) is 6. The quantitative estimate of drug-likeness (QED) is 0.560. The van der Waals surface area contributed by atoms with Crippen molar-refractivity contribution in [3.8, 4) is 11.4 Å². The fraction of sp³-hybridized carbons (Fsp3) is 0.522. The maximum atomic E-state index is 12.2. The van der Waals surface area contributed by atoms with Gasteiger partial charge in [-0.15, -0.1) is 0 Å². The summed E-state index contributed by atoms with van der Waals surface area (Å²) >= 11 is 0. The standard InChI is InChI=1S/C23H28N6O4/c1-23(2,3)32-22(31)28-12-18(13-28)29-11-17-5-4-16(10-19(17)25-29)20-24-21(33-26-20)15-6-8-27(14-30)9-7-15/h4-5,10-11,14-15,18H,6-9,12-13H2,1-3H3. The molecule has 2 aliphatic heterocycles. The van der Waals surface area contributed by atoms with Crippen LogP contribution in [0.25, 0.3) is 22.3 Å². The molecule has 0 aliphatic carbocycles. The van der Waals surface area contributed by atoms with Gasteiger partial charge in [0, 0.05) is 49.2 Å². The number of hydrogen-bond donors (Lipinski definition) is 0. The number of carbonyl (C=O) groups is 2. The second-order valence-electron chi connectivity index (χ2n) is 9.79. The number of piperidine rings is 1. The Hall–Kier alpha value is -3.43. The van der Waals surface area contributed by atoms with E-state index >= 15 is 0 Å². The summed E-state index contributed by atoms with van der Waals surface area (Å²) in [7, 11) is 0. The summed E-state index contributed by atoms with van der Waals surface area (Å²) < 4.78 is 12.9. The van der Waals surface area contributed by atoms with E-state index in [1.807, 2.05) is 49.8 Å². The van der Waals surface area contributed by atoms with Crippen molar-refractivity contribution >= 4 is 23.4 Å². The first kappa shape index (κ1) is 21.4. The summed E-state index contributed by atoms with van der Waals surface area (Å²) in [6.45, 7) is 8.17. The van der Waals surface area contributed by atoms with Crippen LogP contribution in [0, 0.1) is 0 Å². The molecule has 0 spiro atoms. The maximum absolute atomic E-state index is 12.2. The Kier molecular flexibility index (Phi) is 5.30. The van der Waals surface area contributed by atoms with Crippen molar-refractivity contribution in [1.29, 1.82) is 0 Å². The summed E-state index contributed by atoms with van der Waals surface area (Å²) in [5, 5.41) is 9.90. The lowest BCUT2D eigenvalue weighted by Gasteiger charge is -2.39. The molecular weight excluding hydrogens is 424 g/mol. The molecule has 0 bridgehead atoms. The zero-order valence-corrected chi connectivity index (χ0v) is 19.1. The molecule has 1 aromatic carbocycles. The van der Waals surface area contributed by atoms with Crippen LogP contribution in [0.3, 0.4) is 0 Å². The van der Waals surface area contributed by atoms with Gasteiger partial charge in [-0.05, 0) is 39.7 Å². The lowest BCUT2D eigenvalue weighted by Crippen LogP contribution is -2.52. The van der Waals surface area contributed by atoms with E-state index in [9.17, 15) is 9.59 Å².